The van der Waals surface area contributed by atoms with E-state index in [1.807, 2.05) is 18.2 Å². The average Bonchev–Trinajstić information content (AvgIpc) is 3.10. The van der Waals surface area contributed by atoms with E-state index in [-0.39, 0.29) is 11.9 Å². The fourth-order valence-corrected chi connectivity index (χ4v) is 2.78. The second kappa shape index (κ2) is 6.51. The number of anilines is 1. The number of carbonyl (C=O) groups is 1. The van der Waals surface area contributed by atoms with E-state index in [2.05, 4.69) is 15.2 Å². The monoisotopic (exact) mass is 298 g/mol. The summed E-state index contributed by atoms with van der Waals surface area (Å²) >= 11 is 0. The molecule has 3 rings (SSSR count). The van der Waals surface area contributed by atoms with E-state index in [1.54, 1.807) is 23.2 Å². The van der Waals surface area contributed by atoms with Crippen molar-refractivity contribution in [3.63, 3.8) is 0 Å². The van der Waals surface area contributed by atoms with Crippen LogP contribution >= 0.6 is 0 Å². The van der Waals surface area contributed by atoms with Crippen LogP contribution in [-0.4, -0.2) is 34.2 Å². The molecular weight excluding hydrogens is 280 g/mol. The third-order valence-corrected chi connectivity index (χ3v) is 3.87. The van der Waals surface area contributed by atoms with Crippen molar-refractivity contribution in [3.8, 4) is 5.88 Å². The molecule has 0 aliphatic heterocycles. The maximum atomic E-state index is 12.9. The third-order valence-electron chi connectivity index (χ3n) is 3.87. The Labute approximate surface area is 129 Å². The Hall–Kier alpha value is -2.50. The molecule has 1 aliphatic carbocycles. The molecule has 0 radical (unpaired) electrons. The summed E-state index contributed by atoms with van der Waals surface area (Å²) in [6.07, 6.45) is 5.95. The zero-order chi connectivity index (χ0) is 15.4. The van der Waals surface area contributed by atoms with Crippen molar-refractivity contribution in [2.75, 3.05) is 12.0 Å². The molecular formula is C16H18N4O2. The second-order valence-corrected chi connectivity index (χ2v) is 5.26. The Balaban J connectivity index is 1.92. The number of hydrogen-bond acceptors (Lipinski definition) is 5. The minimum Gasteiger partial charge on any atom is -0.480 e. The zero-order valence-electron chi connectivity index (χ0n) is 12.5. The Morgan fingerprint density at radius 1 is 1.18 bits per heavy atom. The molecule has 1 amide bonds. The summed E-state index contributed by atoms with van der Waals surface area (Å²) in [5.74, 6) is 0.888. The van der Waals surface area contributed by atoms with Crippen molar-refractivity contribution < 1.29 is 9.53 Å². The summed E-state index contributed by atoms with van der Waals surface area (Å²) in [6.45, 7) is 0. The smallest absolute Gasteiger partial charge is 0.280 e. The van der Waals surface area contributed by atoms with E-state index >= 15 is 0 Å². The molecule has 0 aromatic carbocycles. The summed E-state index contributed by atoms with van der Waals surface area (Å²) < 4.78 is 4.98. The molecule has 0 bridgehead atoms. The minimum absolute atomic E-state index is 0.166. The molecule has 1 aliphatic rings. The van der Waals surface area contributed by atoms with Crippen molar-refractivity contribution in [2.45, 2.75) is 31.7 Å². The van der Waals surface area contributed by atoms with Crippen molar-refractivity contribution >= 4 is 11.7 Å². The largest absolute Gasteiger partial charge is 0.480 e. The molecule has 6 heteroatoms. The summed E-state index contributed by atoms with van der Waals surface area (Å²) in [7, 11) is 1.52. The van der Waals surface area contributed by atoms with Gasteiger partial charge in [-0.1, -0.05) is 18.9 Å². The normalized spacial score (nSPS) is 14.8. The van der Waals surface area contributed by atoms with Crippen LogP contribution in [0.15, 0.2) is 36.5 Å². The van der Waals surface area contributed by atoms with E-state index in [1.165, 1.54) is 7.11 Å². The van der Waals surface area contributed by atoms with Gasteiger partial charge >= 0.3 is 0 Å². The molecule has 1 saturated carbocycles. The maximum absolute atomic E-state index is 12.9. The van der Waals surface area contributed by atoms with Gasteiger partial charge in [0.05, 0.1) is 7.11 Å². The van der Waals surface area contributed by atoms with Crippen LogP contribution in [0.5, 0.6) is 5.88 Å². The van der Waals surface area contributed by atoms with Gasteiger partial charge in [0.2, 0.25) is 5.88 Å². The van der Waals surface area contributed by atoms with Crippen LogP contribution in [0.1, 0.15) is 36.2 Å². The molecule has 0 atom stereocenters. The van der Waals surface area contributed by atoms with Gasteiger partial charge in [0, 0.05) is 18.3 Å². The predicted octanol–water partition coefficient (Wildman–Crippen LogP) is 2.47. The Morgan fingerprint density at radius 3 is 2.59 bits per heavy atom. The lowest BCUT2D eigenvalue weighted by Crippen LogP contribution is -2.40. The maximum Gasteiger partial charge on any atom is 0.280 e. The number of nitrogens with zero attached hydrogens (tertiary/aromatic N) is 4. The summed E-state index contributed by atoms with van der Waals surface area (Å²) in [4.78, 5) is 19.0. The molecule has 22 heavy (non-hydrogen) atoms. The molecule has 2 aromatic heterocycles. The van der Waals surface area contributed by atoms with Crippen molar-refractivity contribution in [3.05, 3.63) is 42.2 Å². The molecule has 114 valence electrons. The molecule has 0 saturated heterocycles. The number of methoxy groups -OCH3 is 1. The van der Waals surface area contributed by atoms with Gasteiger partial charge in [0.15, 0.2) is 5.69 Å². The molecule has 2 heterocycles. The minimum atomic E-state index is -0.166. The Kier molecular flexibility index (Phi) is 4.27. The van der Waals surface area contributed by atoms with Crippen LogP contribution in [-0.2, 0) is 0 Å². The Bertz CT molecular complexity index is 624. The summed E-state index contributed by atoms with van der Waals surface area (Å²) in [5, 5.41) is 7.85. The van der Waals surface area contributed by atoms with Gasteiger partial charge in [-0.2, -0.15) is 0 Å². The van der Waals surface area contributed by atoms with Crippen LogP contribution in [0, 0.1) is 0 Å². The number of hydrogen-bond donors (Lipinski definition) is 0. The van der Waals surface area contributed by atoms with E-state index in [4.69, 9.17) is 4.74 Å². The number of carbonyl (C=O) groups excluding carboxylic acids is 1. The highest BCUT2D eigenvalue weighted by atomic mass is 16.5. The van der Waals surface area contributed by atoms with Gasteiger partial charge in [-0.25, -0.2) is 4.98 Å². The first-order chi connectivity index (χ1) is 10.8. The van der Waals surface area contributed by atoms with Gasteiger partial charge in [-0.05, 0) is 31.0 Å². The van der Waals surface area contributed by atoms with Crippen LogP contribution in [0.25, 0.3) is 0 Å². The highest BCUT2D eigenvalue weighted by Gasteiger charge is 2.30. The first-order valence-corrected chi connectivity index (χ1v) is 7.42. The summed E-state index contributed by atoms with van der Waals surface area (Å²) in [6, 6.07) is 9.04. The average molecular weight is 298 g/mol. The first-order valence-electron chi connectivity index (χ1n) is 7.42. The molecule has 0 N–H and O–H groups in total. The number of pyridine rings is 1. The molecule has 1 fully saturated rings. The first kappa shape index (κ1) is 14.4. The lowest BCUT2D eigenvalue weighted by molar-refractivity contribution is 0.0970. The fourth-order valence-electron chi connectivity index (χ4n) is 2.78. The van der Waals surface area contributed by atoms with Crippen LogP contribution in [0.2, 0.25) is 0 Å². The van der Waals surface area contributed by atoms with Crippen molar-refractivity contribution in [1.29, 1.82) is 0 Å². The quantitative estimate of drug-likeness (QED) is 0.867. The van der Waals surface area contributed by atoms with Crippen molar-refractivity contribution in [2.24, 2.45) is 0 Å². The van der Waals surface area contributed by atoms with Gasteiger partial charge in [-0.15, -0.1) is 10.2 Å². The third kappa shape index (κ3) is 2.90. The molecule has 0 spiro atoms. The number of amides is 1. The van der Waals surface area contributed by atoms with E-state index in [9.17, 15) is 4.79 Å². The highest BCUT2D eigenvalue weighted by molar-refractivity contribution is 6.04. The Morgan fingerprint density at radius 2 is 2.00 bits per heavy atom. The van der Waals surface area contributed by atoms with E-state index in [0.29, 0.717) is 17.4 Å². The van der Waals surface area contributed by atoms with Crippen LogP contribution in [0.3, 0.4) is 0 Å². The van der Waals surface area contributed by atoms with Gasteiger partial charge in [0.25, 0.3) is 5.91 Å². The fraction of sp³-hybridized carbons (Fsp3) is 0.375. The van der Waals surface area contributed by atoms with Crippen LogP contribution in [0.4, 0.5) is 5.82 Å². The zero-order valence-corrected chi connectivity index (χ0v) is 12.5. The number of ether oxygens (including phenoxy) is 1. The SMILES string of the molecule is COc1ccc(C(=O)N(c2ccccn2)C2CCCC2)nn1. The van der Waals surface area contributed by atoms with Crippen LogP contribution < -0.4 is 9.64 Å². The predicted molar refractivity (Wildman–Crippen MR) is 81.9 cm³/mol. The molecule has 2 aromatic rings. The lowest BCUT2D eigenvalue weighted by Gasteiger charge is -2.27. The second-order valence-electron chi connectivity index (χ2n) is 5.26. The lowest BCUT2D eigenvalue weighted by atomic mass is 10.2. The number of rotatable bonds is 4. The molecule has 0 unspecified atom stereocenters. The van der Waals surface area contributed by atoms with Gasteiger partial charge in [-0.3, -0.25) is 9.69 Å². The van der Waals surface area contributed by atoms with Gasteiger partial charge < -0.3 is 4.74 Å². The van der Waals surface area contributed by atoms with E-state index < -0.39 is 0 Å². The van der Waals surface area contributed by atoms with Gasteiger partial charge in [0.1, 0.15) is 5.82 Å². The molecule has 6 nitrogen and oxygen atoms in total. The summed E-state index contributed by atoms with van der Waals surface area (Å²) in [5.41, 5.74) is 0.304. The highest BCUT2D eigenvalue weighted by Crippen LogP contribution is 2.28. The topological polar surface area (TPSA) is 68.2 Å². The number of aromatic nitrogens is 3. The van der Waals surface area contributed by atoms with E-state index in [0.717, 1.165) is 25.7 Å². The standard InChI is InChI=1S/C16H18N4O2/c1-22-15-10-9-13(18-19-15)16(21)20(12-6-2-3-7-12)14-8-4-5-11-17-14/h4-5,8-12H,2-3,6-7H2,1H3. The van der Waals surface area contributed by atoms with Crippen molar-refractivity contribution in [1.82, 2.24) is 15.2 Å².